The Morgan fingerprint density at radius 3 is 2.49 bits per heavy atom. The van der Waals surface area contributed by atoms with Crippen LogP contribution in [0.25, 0.3) is 5.65 Å². The number of ketones is 1. The van der Waals surface area contributed by atoms with E-state index < -0.39 is 11.9 Å². The maximum Gasteiger partial charge on any atom is 0.276 e. The molecule has 0 spiro atoms. The van der Waals surface area contributed by atoms with Crippen LogP contribution in [0.5, 0.6) is 0 Å². The van der Waals surface area contributed by atoms with Gasteiger partial charge in [-0.25, -0.2) is 14.5 Å². The van der Waals surface area contributed by atoms with Crippen molar-refractivity contribution in [1.82, 2.24) is 24.5 Å². The Hall–Kier alpha value is -3.60. The molecule has 2 aliphatic rings. The Morgan fingerprint density at radius 1 is 1.05 bits per heavy atom. The zero-order valence-corrected chi connectivity index (χ0v) is 21.2. The first kappa shape index (κ1) is 25.1. The second kappa shape index (κ2) is 10.8. The molecule has 2 saturated carbocycles. The molecular formula is C26H33FN8O2. The van der Waals surface area contributed by atoms with Gasteiger partial charge in [0.15, 0.2) is 11.3 Å². The number of imidazole rings is 1. The molecule has 0 bridgehead atoms. The van der Waals surface area contributed by atoms with E-state index in [1.54, 1.807) is 0 Å². The third kappa shape index (κ3) is 6.40. The standard InChI is InChI=1S/C26H33FN8O2/c1-34(2)15-20(36)11-16-3-5-18(6-4-16)31-24-13-21(30-17-7-8-17)25-29-14-22(35(25)33-24)26(37)32-19-9-10-28-23(27)12-19/h9-10,12-14,16-18,30H,3-8,11,15H2,1-2H3,(H,31,33)(H,28,32,37). The van der Waals surface area contributed by atoms with Crippen molar-refractivity contribution in [1.29, 1.82) is 0 Å². The number of rotatable bonds is 10. The second-order valence-electron chi connectivity index (χ2n) is 10.4. The summed E-state index contributed by atoms with van der Waals surface area (Å²) >= 11 is 0. The van der Waals surface area contributed by atoms with Gasteiger partial charge in [0.2, 0.25) is 5.95 Å². The van der Waals surface area contributed by atoms with Gasteiger partial charge in [-0.1, -0.05) is 0 Å². The molecule has 3 aromatic rings. The number of nitrogens with zero attached hydrogens (tertiary/aromatic N) is 5. The van der Waals surface area contributed by atoms with Crippen LogP contribution in [0, 0.1) is 11.9 Å². The van der Waals surface area contributed by atoms with Gasteiger partial charge < -0.3 is 20.9 Å². The van der Waals surface area contributed by atoms with Crippen LogP contribution in [0.3, 0.4) is 0 Å². The van der Waals surface area contributed by atoms with Crippen LogP contribution in [-0.2, 0) is 4.79 Å². The number of carbonyl (C=O) groups is 2. The number of hydrogen-bond donors (Lipinski definition) is 3. The molecule has 1 amide bonds. The molecule has 196 valence electrons. The predicted molar refractivity (Wildman–Crippen MR) is 139 cm³/mol. The Bertz CT molecular complexity index is 1280. The molecule has 3 heterocycles. The number of halogens is 1. The number of nitrogens with one attached hydrogen (secondary N) is 3. The third-order valence-corrected chi connectivity index (χ3v) is 6.83. The summed E-state index contributed by atoms with van der Waals surface area (Å²) in [5, 5.41) is 14.4. The van der Waals surface area contributed by atoms with Gasteiger partial charge in [0.1, 0.15) is 11.6 Å². The molecular weight excluding hydrogens is 475 g/mol. The minimum atomic E-state index is -0.673. The highest BCUT2D eigenvalue weighted by Gasteiger charge is 2.26. The van der Waals surface area contributed by atoms with Crippen molar-refractivity contribution in [2.75, 3.05) is 36.6 Å². The molecule has 5 rings (SSSR count). The van der Waals surface area contributed by atoms with E-state index in [1.807, 2.05) is 25.1 Å². The minimum Gasteiger partial charge on any atom is -0.379 e. The quantitative estimate of drug-likeness (QED) is 0.356. The monoisotopic (exact) mass is 508 g/mol. The van der Waals surface area contributed by atoms with Crippen LogP contribution >= 0.6 is 0 Å². The molecule has 0 radical (unpaired) electrons. The van der Waals surface area contributed by atoms with Gasteiger partial charge >= 0.3 is 0 Å². The molecule has 2 aliphatic carbocycles. The van der Waals surface area contributed by atoms with Crippen molar-refractivity contribution in [3.05, 3.63) is 42.2 Å². The summed E-state index contributed by atoms with van der Waals surface area (Å²) in [4.78, 5) is 35.1. The highest BCUT2D eigenvalue weighted by molar-refractivity contribution is 6.03. The minimum absolute atomic E-state index is 0.236. The lowest BCUT2D eigenvalue weighted by atomic mass is 9.83. The lowest BCUT2D eigenvalue weighted by Gasteiger charge is -2.29. The Kier molecular flexibility index (Phi) is 7.31. The smallest absolute Gasteiger partial charge is 0.276 e. The predicted octanol–water partition coefficient (Wildman–Crippen LogP) is 3.58. The van der Waals surface area contributed by atoms with Crippen molar-refractivity contribution < 1.29 is 14.0 Å². The number of likely N-dealkylation sites (N-methyl/N-ethyl adjacent to an activating group) is 1. The average Bonchev–Trinajstić information content (AvgIpc) is 3.55. The number of anilines is 3. The van der Waals surface area contributed by atoms with E-state index in [0.29, 0.717) is 47.9 Å². The topological polar surface area (TPSA) is 117 Å². The fraction of sp³-hybridized carbons (Fsp3) is 0.500. The summed E-state index contributed by atoms with van der Waals surface area (Å²) in [6, 6.07) is 5.26. The first-order valence-corrected chi connectivity index (χ1v) is 12.8. The Morgan fingerprint density at radius 2 is 1.78 bits per heavy atom. The van der Waals surface area contributed by atoms with Crippen LogP contribution in [0.1, 0.15) is 55.4 Å². The largest absolute Gasteiger partial charge is 0.379 e. The van der Waals surface area contributed by atoms with Crippen molar-refractivity contribution >= 4 is 34.5 Å². The van der Waals surface area contributed by atoms with Gasteiger partial charge in [-0.15, -0.1) is 5.10 Å². The SMILES string of the molecule is CN(C)CC(=O)CC1CCC(Nc2cc(NC3CC3)c3ncc(C(=O)Nc4ccnc(F)c4)n3n2)CC1. The Balaban J connectivity index is 1.31. The normalized spacial score (nSPS) is 19.7. The number of carbonyl (C=O) groups excluding carboxylic acids is 2. The van der Waals surface area contributed by atoms with Gasteiger partial charge in [-0.2, -0.15) is 4.39 Å². The summed E-state index contributed by atoms with van der Waals surface area (Å²) in [6.07, 6.45) is 9.49. The zero-order chi connectivity index (χ0) is 25.9. The fourth-order valence-electron chi connectivity index (χ4n) is 4.88. The van der Waals surface area contributed by atoms with E-state index in [4.69, 9.17) is 5.10 Å². The van der Waals surface area contributed by atoms with Crippen molar-refractivity contribution in [2.24, 2.45) is 5.92 Å². The highest BCUT2D eigenvalue weighted by Crippen LogP contribution is 2.31. The lowest BCUT2D eigenvalue weighted by molar-refractivity contribution is -0.120. The zero-order valence-electron chi connectivity index (χ0n) is 21.2. The molecule has 3 aromatic heterocycles. The van der Waals surface area contributed by atoms with Crippen LogP contribution in [0.4, 0.5) is 21.6 Å². The molecule has 37 heavy (non-hydrogen) atoms. The molecule has 0 aromatic carbocycles. The summed E-state index contributed by atoms with van der Waals surface area (Å²) in [7, 11) is 3.84. The number of hydrogen-bond acceptors (Lipinski definition) is 8. The molecule has 0 saturated heterocycles. The third-order valence-electron chi connectivity index (χ3n) is 6.83. The van der Waals surface area contributed by atoms with Crippen molar-refractivity contribution in [3.63, 3.8) is 0 Å². The lowest BCUT2D eigenvalue weighted by Crippen LogP contribution is -2.29. The first-order chi connectivity index (χ1) is 17.8. The molecule has 3 N–H and O–H groups in total. The van der Waals surface area contributed by atoms with Crippen LogP contribution in [0.2, 0.25) is 0 Å². The molecule has 0 unspecified atom stereocenters. The maximum atomic E-state index is 13.5. The van der Waals surface area contributed by atoms with E-state index in [2.05, 4.69) is 25.9 Å². The molecule has 11 heteroatoms. The molecule has 10 nitrogen and oxygen atoms in total. The molecule has 0 aliphatic heterocycles. The number of pyridine rings is 1. The fourth-order valence-corrected chi connectivity index (χ4v) is 4.88. The second-order valence-corrected chi connectivity index (χ2v) is 10.4. The van der Waals surface area contributed by atoms with Gasteiger partial charge in [0.25, 0.3) is 5.91 Å². The van der Waals surface area contributed by atoms with Crippen molar-refractivity contribution in [3.8, 4) is 0 Å². The van der Waals surface area contributed by atoms with Crippen LogP contribution in [0.15, 0.2) is 30.6 Å². The number of amides is 1. The van der Waals surface area contributed by atoms with Crippen LogP contribution in [-0.4, -0.2) is 68.9 Å². The summed E-state index contributed by atoms with van der Waals surface area (Å²) < 4.78 is 15.0. The number of aromatic nitrogens is 4. The van der Waals surface area contributed by atoms with E-state index in [9.17, 15) is 14.0 Å². The van der Waals surface area contributed by atoms with Gasteiger partial charge in [-0.05, 0) is 64.6 Å². The number of fused-ring (bicyclic) bond motifs is 1. The summed E-state index contributed by atoms with van der Waals surface area (Å²) in [5.41, 5.74) is 1.93. The Labute approximate surface area is 215 Å². The van der Waals surface area contributed by atoms with E-state index >= 15 is 0 Å². The number of Topliss-reactive ketones (excluding diaryl/α,β-unsaturated/α-hetero) is 1. The van der Waals surface area contributed by atoms with Gasteiger partial charge in [0.05, 0.1) is 18.4 Å². The summed E-state index contributed by atoms with van der Waals surface area (Å²) in [5.74, 6) is 0.265. The maximum absolute atomic E-state index is 13.5. The summed E-state index contributed by atoms with van der Waals surface area (Å²) in [6.45, 7) is 0.496. The van der Waals surface area contributed by atoms with Gasteiger partial charge in [0, 0.05) is 42.5 Å². The van der Waals surface area contributed by atoms with E-state index in [-0.39, 0.29) is 11.7 Å². The van der Waals surface area contributed by atoms with E-state index in [0.717, 1.165) is 50.3 Å². The van der Waals surface area contributed by atoms with Crippen molar-refractivity contribution in [2.45, 2.75) is 57.0 Å². The molecule has 0 atom stereocenters. The van der Waals surface area contributed by atoms with Crippen LogP contribution < -0.4 is 16.0 Å². The average molecular weight is 509 g/mol. The molecule has 2 fully saturated rings. The highest BCUT2D eigenvalue weighted by atomic mass is 19.1. The first-order valence-electron chi connectivity index (χ1n) is 12.8. The van der Waals surface area contributed by atoms with E-state index in [1.165, 1.54) is 23.0 Å². The van der Waals surface area contributed by atoms with Gasteiger partial charge in [-0.3, -0.25) is 9.59 Å².